The third-order valence-corrected chi connectivity index (χ3v) is 4.36. The van der Waals surface area contributed by atoms with Crippen molar-refractivity contribution in [2.45, 2.75) is 13.0 Å². The summed E-state index contributed by atoms with van der Waals surface area (Å²) in [5.41, 5.74) is 10.1. The maximum Gasteiger partial charge on any atom is 0.0708 e. The van der Waals surface area contributed by atoms with Crippen LogP contribution in [-0.2, 0) is 0 Å². The number of benzene rings is 2. The number of aromatic nitrogens is 1. The van der Waals surface area contributed by atoms with Crippen LogP contribution in [0.5, 0.6) is 0 Å². The number of halogens is 2. The van der Waals surface area contributed by atoms with Gasteiger partial charge in [0.15, 0.2) is 0 Å². The summed E-state index contributed by atoms with van der Waals surface area (Å²) < 4.78 is 0. The molecular weight excluding hydrogens is 303 g/mol. The molecule has 21 heavy (non-hydrogen) atoms. The minimum Gasteiger partial charge on any atom is -0.320 e. The minimum atomic E-state index is -0.345. The highest BCUT2D eigenvalue weighted by atomic mass is 35.5. The van der Waals surface area contributed by atoms with Crippen molar-refractivity contribution in [3.8, 4) is 0 Å². The van der Waals surface area contributed by atoms with Gasteiger partial charge in [0.25, 0.3) is 0 Å². The first-order valence-corrected chi connectivity index (χ1v) is 7.39. The van der Waals surface area contributed by atoms with Crippen LogP contribution < -0.4 is 5.73 Å². The zero-order valence-corrected chi connectivity index (χ0v) is 13.0. The average Bonchev–Trinajstić information content (AvgIpc) is 2.48. The number of hydrogen-bond acceptors (Lipinski definition) is 2. The Balaban J connectivity index is 2.22. The highest BCUT2D eigenvalue weighted by molar-refractivity contribution is 6.42. The summed E-state index contributed by atoms with van der Waals surface area (Å²) in [5, 5.41) is 2.05. The Morgan fingerprint density at radius 1 is 1.00 bits per heavy atom. The number of pyridine rings is 1. The van der Waals surface area contributed by atoms with Crippen molar-refractivity contribution < 1.29 is 0 Å². The fourth-order valence-corrected chi connectivity index (χ4v) is 2.95. The van der Waals surface area contributed by atoms with Gasteiger partial charge in [-0.2, -0.15) is 0 Å². The molecule has 2 N–H and O–H groups in total. The lowest BCUT2D eigenvalue weighted by Gasteiger charge is -2.17. The average molecular weight is 317 g/mol. The van der Waals surface area contributed by atoms with Gasteiger partial charge in [-0.25, -0.2) is 0 Å². The summed E-state index contributed by atoms with van der Waals surface area (Å²) >= 11 is 12.4. The zero-order valence-electron chi connectivity index (χ0n) is 11.5. The molecule has 1 heterocycles. The molecule has 0 bridgehead atoms. The van der Waals surface area contributed by atoms with Gasteiger partial charge in [0.1, 0.15) is 0 Å². The predicted molar refractivity (Wildman–Crippen MR) is 89.0 cm³/mol. The Kier molecular flexibility index (Phi) is 3.85. The molecule has 3 aromatic rings. The molecule has 1 atom stereocenters. The molecule has 1 aromatic heterocycles. The van der Waals surface area contributed by atoms with E-state index >= 15 is 0 Å². The van der Waals surface area contributed by atoms with Crippen molar-refractivity contribution in [1.29, 1.82) is 0 Å². The van der Waals surface area contributed by atoms with Crippen LogP contribution in [-0.4, -0.2) is 4.98 Å². The van der Waals surface area contributed by atoms with E-state index in [2.05, 4.69) is 4.98 Å². The van der Waals surface area contributed by atoms with Crippen LogP contribution in [0, 0.1) is 6.92 Å². The lowest BCUT2D eigenvalue weighted by molar-refractivity contribution is 0.876. The summed E-state index contributed by atoms with van der Waals surface area (Å²) in [6.45, 7) is 1.96. The topological polar surface area (TPSA) is 38.9 Å². The first-order chi connectivity index (χ1) is 10.1. The number of fused-ring (bicyclic) bond motifs is 1. The second-order valence-electron chi connectivity index (χ2n) is 4.99. The number of aryl methyl sites for hydroxylation is 1. The van der Waals surface area contributed by atoms with Crippen LogP contribution in [0.1, 0.15) is 22.9 Å². The quantitative estimate of drug-likeness (QED) is 0.730. The highest BCUT2D eigenvalue weighted by Gasteiger charge is 2.17. The first kappa shape index (κ1) is 14.3. The maximum absolute atomic E-state index is 6.45. The summed E-state index contributed by atoms with van der Waals surface area (Å²) in [6.07, 6.45) is 0. The van der Waals surface area contributed by atoms with Crippen molar-refractivity contribution in [2.24, 2.45) is 5.73 Å². The largest absolute Gasteiger partial charge is 0.320 e. The molecule has 0 amide bonds. The summed E-state index contributed by atoms with van der Waals surface area (Å²) in [6, 6.07) is 15.1. The number of hydrogen-bond donors (Lipinski definition) is 1. The SMILES string of the molecule is Cc1cc(C(N)c2cccc(Cl)c2Cl)c2ccccc2n1. The van der Waals surface area contributed by atoms with Crippen molar-refractivity contribution in [3.05, 3.63) is 75.4 Å². The van der Waals surface area contributed by atoms with E-state index in [4.69, 9.17) is 28.9 Å². The predicted octanol–water partition coefficient (Wildman–Crippen LogP) is 4.90. The van der Waals surface area contributed by atoms with Gasteiger partial charge in [0.2, 0.25) is 0 Å². The minimum absolute atomic E-state index is 0.345. The normalized spacial score (nSPS) is 12.6. The van der Waals surface area contributed by atoms with Crippen LogP contribution >= 0.6 is 23.2 Å². The lowest BCUT2D eigenvalue weighted by atomic mass is 9.95. The molecule has 2 aromatic carbocycles. The van der Waals surface area contributed by atoms with Crippen molar-refractivity contribution >= 4 is 34.1 Å². The van der Waals surface area contributed by atoms with Gasteiger partial charge in [-0.3, -0.25) is 4.98 Å². The highest BCUT2D eigenvalue weighted by Crippen LogP contribution is 2.34. The molecule has 0 radical (unpaired) electrons. The molecule has 3 rings (SSSR count). The molecule has 2 nitrogen and oxygen atoms in total. The van der Waals surface area contributed by atoms with Gasteiger partial charge >= 0.3 is 0 Å². The molecule has 0 spiro atoms. The van der Waals surface area contributed by atoms with E-state index in [1.807, 2.05) is 49.4 Å². The maximum atomic E-state index is 6.45. The second kappa shape index (κ2) is 5.64. The molecule has 4 heteroatoms. The summed E-state index contributed by atoms with van der Waals surface area (Å²) in [5.74, 6) is 0. The molecule has 0 fully saturated rings. The standard InChI is InChI=1S/C17H14Cl2N2/c1-10-9-13(11-5-2-3-8-15(11)21-10)17(20)12-6-4-7-14(18)16(12)19/h2-9,17H,20H2,1H3. The Labute approximate surface area is 133 Å². The van der Waals surface area contributed by atoms with Gasteiger partial charge in [0.05, 0.1) is 21.6 Å². The summed E-state index contributed by atoms with van der Waals surface area (Å²) in [4.78, 5) is 4.54. The molecule has 106 valence electrons. The van der Waals surface area contributed by atoms with E-state index in [0.29, 0.717) is 10.0 Å². The van der Waals surface area contributed by atoms with E-state index in [0.717, 1.165) is 27.7 Å². The van der Waals surface area contributed by atoms with Crippen LogP contribution in [0.4, 0.5) is 0 Å². The summed E-state index contributed by atoms with van der Waals surface area (Å²) in [7, 11) is 0. The fourth-order valence-electron chi connectivity index (χ4n) is 2.53. The third-order valence-electron chi connectivity index (χ3n) is 3.53. The second-order valence-corrected chi connectivity index (χ2v) is 5.78. The smallest absolute Gasteiger partial charge is 0.0708 e. The Hall–Kier alpha value is -1.61. The van der Waals surface area contributed by atoms with E-state index in [1.54, 1.807) is 6.07 Å². The lowest BCUT2D eigenvalue weighted by Crippen LogP contribution is -2.13. The molecule has 0 aliphatic rings. The van der Waals surface area contributed by atoms with E-state index < -0.39 is 0 Å². The first-order valence-electron chi connectivity index (χ1n) is 6.63. The van der Waals surface area contributed by atoms with Crippen molar-refractivity contribution in [3.63, 3.8) is 0 Å². The van der Waals surface area contributed by atoms with Crippen LogP contribution in [0.25, 0.3) is 10.9 Å². The molecule has 0 saturated heterocycles. The molecule has 1 unspecified atom stereocenters. The van der Waals surface area contributed by atoms with Crippen LogP contribution in [0.3, 0.4) is 0 Å². The van der Waals surface area contributed by atoms with Crippen LogP contribution in [0.15, 0.2) is 48.5 Å². The van der Waals surface area contributed by atoms with Gasteiger partial charge in [-0.1, -0.05) is 53.5 Å². The molecule has 0 aliphatic carbocycles. The van der Waals surface area contributed by atoms with E-state index in [1.165, 1.54) is 0 Å². The van der Waals surface area contributed by atoms with Gasteiger partial charge in [-0.05, 0) is 36.2 Å². The van der Waals surface area contributed by atoms with Gasteiger partial charge in [0, 0.05) is 11.1 Å². The zero-order chi connectivity index (χ0) is 15.0. The molecular formula is C17H14Cl2N2. The van der Waals surface area contributed by atoms with Crippen molar-refractivity contribution in [1.82, 2.24) is 4.98 Å². The number of nitrogens with two attached hydrogens (primary N) is 1. The molecule has 0 saturated carbocycles. The van der Waals surface area contributed by atoms with E-state index in [-0.39, 0.29) is 6.04 Å². The number of nitrogens with zero attached hydrogens (tertiary/aromatic N) is 1. The van der Waals surface area contributed by atoms with Gasteiger partial charge in [-0.15, -0.1) is 0 Å². The van der Waals surface area contributed by atoms with E-state index in [9.17, 15) is 0 Å². The number of para-hydroxylation sites is 1. The monoisotopic (exact) mass is 316 g/mol. The Morgan fingerprint density at radius 3 is 2.57 bits per heavy atom. The molecule has 0 aliphatic heterocycles. The van der Waals surface area contributed by atoms with Gasteiger partial charge < -0.3 is 5.73 Å². The Morgan fingerprint density at radius 2 is 1.76 bits per heavy atom. The third kappa shape index (κ3) is 2.62. The van der Waals surface area contributed by atoms with Crippen molar-refractivity contribution in [2.75, 3.05) is 0 Å². The Bertz CT molecular complexity index is 815. The number of rotatable bonds is 2. The van der Waals surface area contributed by atoms with Crippen LogP contribution in [0.2, 0.25) is 10.0 Å². The fraction of sp³-hybridized carbons (Fsp3) is 0.118.